The van der Waals surface area contributed by atoms with Crippen LogP contribution in [0.3, 0.4) is 0 Å². The predicted octanol–water partition coefficient (Wildman–Crippen LogP) is 0.354. The predicted molar refractivity (Wildman–Crippen MR) is 71.5 cm³/mol. The maximum Gasteiger partial charge on any atom is 0.256 e. The van der Waals surface area contributed by atoms with Gasteiger partial charge in [-0.05, 0) is 49.5 Å². The number of piperidine rings is 1. The van der Waals surface area contributed by atoms with E-state index < -0.39 is 5.82 Å². The van der Waals surface area contributed by atoms with Crippen LogP contribution in [-0.2, 0) is 4.79 Å². The van der Waals surface area contributed by atoms with E-state index >= 15 is 0 Å². The number of nitrogens with zero attached hydrogens (tertiary/aromatic N) is 1. The first-order valence-electron chi connectivity index (χ1n) is 6.70. The molecule has 2 saturated heterocycles. The molecule has 0 unspecified atom stereocenters. The molecule has 0 aliphatic carbocycles. The monoisotopic (exact) mass is 280 g/mol. The van der Waals surface area contributed by atoms with Crippen molar-refractivity contribution >= 4 is 11.6 Å². The number of nitrogens with one attached hydrogen (secondary N) is 3. The summed E-state index contributed by atoms with van der Waals surface area (Å²) < 4.78 is 14.2. The zero-order valence-corrected chi connectivity index (χ0v) is 10.9. The molecule has 108 valence electrons. The van der Waals surface area contributed by atoms with E-state index in [0.717, 1.165) is 31.5 Å². The van der Waals surface area contributed by atoms with Crippen LogP contribution in [0.15, 0.2) is 12.1 Å². The highest BCUT2D eigenvalue weighted by Gasteiger charge is 2.26. The summed E-state index contributed by atoms with van der Waals surface area (Å²) in [5.74, 6) is -0.687. The zero-order chi connectivity index (χ0) is 14.1. The maximum atomic E-state index is 14.2. The van der Waals surface area contributed by atoms with Gasteiger partial charge in [0, 0.05) is 0 Å². The smallest absolute Gasteiger partial charge is 0.256 e. The molecule has 4 N–H and O–H groups in total. The number of hydrazine groups is 2. The molecule has 1 aromatic carbocycles. The van der Waals surface area contributed by atoms with Crippen molar-refractivity contribution in [1.82, 2.24) is 16.3 Å². The van der Waals surface area contributed by atoms with E-state index in [-0.39, 0.29) is 29.8 Å². The molecule has 0 spiro atoms. The van der Waals surface area contributed by atoms with Gasteiger partial charge in [-0.25, -0.2) is 4.39 Å². The van der Waals surface area contributed by atoms with Crippen molar-refractivity contribution in [3.8, 4) is 5.75 Å². The van der Waals surface area contributed by atoms with Gasteiger partial charge in [0.2, 0.25) is 0 Å². The van der Waals surface area contributed by atoms with E-state index in [1.54, 1.807) is 6.07 Å². The average Bonchev–Trinajstić information content (AvgIpc) is 2.85. The Bertz CT molecular complexity index is 508. The quantitative estimate of drug-likeness (QED) is 0.629. The Hall–Kier alpha value is -1.86. The molecule has 20 heavy (non-hydrogen) atoms. The lowest BCUT2D eigenvalue weighted by atomic mass is 9.90. The maximum absolute atomic E-state index is 14.2. The van der Waals surface area contributed by atoms with Crippen molar-refractivity contribution in [2.45, 2.75) is 18.8 Å². The Morgan fingerprint density at radius 3 is 2.65 bits per heavy atom. The molecule has 0 aromatic heterocycles. The number of benzene rings is 1. The van der Waals surface area contributed by atoms with Crippen LogP contribution in [0, 0.1) is 5.82 Å². The van der Waals surface area contributed by atoms with Crippen LogP contribution >= 0.6 is 0 Å². The molecule has 2 heterocycles. The number of hydrogen-bond acceptors (Lipinski definition) is 5. The molecule has 6 nitrogen and oxygen atoms in total. The summed E-state index contributed by atoms with van der Waals surface area (Å²) in [6.07, 6.45) is 1.86. The van der Waals surface area contributed by atoms with Gasteiger partial charge in [-0.15, -0.1) is 5.53 Å². The molecule has 2 aliphatic heterocycles. The molecular weight excluding hydrogens is 263 g/mol. The second kappa shape index (κ2) is 5.26. The molecule has 1 amide bonds. The number of aromatic hydroxyl groups is 1. The minimum atomic E-state index is -0.525. The van der Waals surface area contributed by atoms with Gasteiger partial charge in [-0.1, -0.05) is 0 Å². The molecule has 3 rings (SSSR count). The number of anilines is 1. The summed E-state index contributed by atoms with van der Waals surface area (Å²) in [7, 11) is 0. The van der Waals surface area contributed by atoms with Gasteiger partial charge in [0.15, 0.2) is 5.82 Å². The summed E-state index contributed by atoms with van der Waals surface area (Å²) >= 11 is 0. The van der Waals surface area contributed by atoms with Crippen LogP contribution < -0.4 is 21.3 Å². The second-order valence-electron chi connectivity index (χ2n) is 5.14. The first-order valence-corrected chi connectivity index (χ1v) is 6.70. The van der Waals surface area contributed by atoms with Crippen LogP contribution in [0.1, 0.15) is 24.3 Å². The summed E-state index contributed by atoms with van der Waals surface area (Å²) in [6, 6.07) is 3.05. The molecule has 0 radical (unpaired) electrons. The lowest BCUT2D eigenvalue weighted by molar-refractivity contribution is -0.118. The minimum Gasteiger partial charge on any atom is -0.506 e. The lowest BCUT2D eigenvalue weighted by Crippen LogP contribution is -2.36. The van der Waals surface area contributed by atoms with Crippen LogP contribution in [-0.4, -0.2) is 30.6 Å². The third-order valence-corrected chi connectivity index (χ3v) is 3.78. The Balaban J connectivity index is 1.88. The van der Waals surface area contributed by atoms with Crippen molar-refractivity contribution in [2.75, 3.05) is 24.6 Å². The van der Waals surface area contributed by atoms with Gasteiger partial charge >= 0.3 is 0 Å². The summed E-state index contributed by atoms with van der Waals surface area (Å²) in [5, 5.41) is 14.6. The molecule has 1 aromatic rings. The first kappa shape index (κ1) is 13.1. The third kappa shape index (κ3) is 2.41. The Labute approximate surface area is 115 Å². The molecular formula is C13H17FN4O2. The number of carbonyl (C=O) groups excluding carboxylic acids is 1. The highest BCUT2D eigenvalue weighted by atomic mass is 19.1. The molecule has 0 saturated carbocycles. The van der Waals surface area contributed by atoms with Crippen molar-refractivity contribution in [3.05, 3.63) is 23.5 Å². The number of hydrogen-bond donors (Lipinski definition) is 4. The normalized spacial score (nSPS) is 20.2. The summed E-state index contributed by atoms with van der Waals surface area (Å²) in [5.41, 5.74) is 5.69. The standard InChI is InChI=1S/C13H17FN4O2/c14-10-5-9(8-1-3-15-4-2-8)6-11(19)13(10)18-7-12(20)16-17-18/h5-6,8,15,17,19H,1-4,7H2,(H,16,20). The summed E-state index contributed by atoms with van der Waals surface area (Å²) in [4.78, 5) is 11.1. The second-order valence-corrected chi connectivity index (χ2v) is 5.14. The third-order valence-electron chi connectivity index (χ3n) is 3.78. The van der Waals surface area contributed by atoms with Gasteiger partial charge in [0.05, 0.1) is 0 Å². The molecule has 0 bridgehead atoms. The Morgan fingerprint density at radius 2 is 2.05 bits per heavy atom. The Kier molecular flexibility index (Phi) is 3.45. The highest BCUT2D eigenvalue weighted by molar-refractivity contribution is 5.84. The number of amides is 1. The van der Waals surface area contributed by atoms with E-state index in [2.05, 4.69) is 16.3 Å². The fourth-order valence-corrected chi connectivity index (χ4v) is 2.75. The highest BCUT2D eigenvalue weighted by Crippen LogP contribution is 2.36. The van der Waals surface area contributed by atoms with Crippen LogP contribution in [0.4, 0.5) is 10.1 Å². The number of rotatable bonds is 2. The molecule has 0 atom stereocenters. The SMILES string of the molecule is O=C1CN(c2c(O)cc(C3CCNCC3)cc2F)NN1. The average molecular weight is 280 g/mol. The molecule has 2 fully saturated rings. The van der Waals surface area contributed by atoms with Crippen LogP contribution in [0.2, 0.25) is 0 Å². The van der Waals surface area contributed by atoms with Crippen molar-refractivity contribution < 1.29 is 14.3 Å². The fourth-order valence-electron chi connectivity index (χ4n) is 2.75. The van der Waals surface area contributed by atoms with Gasteiger partial charge in [0.25, 0.3) is 5.91 Å². The number of phenols is 1. The number of carbonyl (C=O) groups is 1. The van der Waals surface area contributed by atoms with Crippen LogP contribution in [0.25, 0.3) is 0 Å². The fraction of sp³-hybridized carbons (Fsp3) is 0.462. The van der Waals surface area contributed by atoms with Gasteiger partial charge in [-0.3, -0.25) is 15.2 Å². The van der Waals surface area contributed by atoms with E-state index in [1.165, 1.54) is 11.1 Å². The number of phenolic OH excluding ortho intramolecular Hbond substituents is 1. The molecule has 7 heteroatoms. The van der Waals surface area contributed by atoms with E-state index in [1.807, 2.05) is 0 Å². The van der Waals surface area contributed by atoms with E-state index in [4.69, 9.17) is 0 Å². The Morgan fingerprint density at radius 1 is 1.30 bits per heavy atom. The minimum absolute atomic E-state index is 0.000958. The largest absolute Gasteiger partial charge is 0.506 e. The molecule has 2 aliphatic rings. The van der Waals surface area contributed by atoms with E-state index in [9.17, 15) is 14.3 Å². The van der Waals surface area contributed by atoms with Crippen LogP contribution in [0.5, 0.6) is 5.75 Å². The van der Waals surface area contributed by atoms with Crippen molar-refractivity contribution in [3.63, 3.8) is 0 Å². The first-order chi connectivity index (χ1) is 9.65. The van der Waals surface area contributed by atoms with E-state index in [0.29, 0.717) is 0 Å². The van der Waals surface area contributed by atoms with Gasteiger partial charge in [0.1, 0.15) is 18.0 Å². The number of halogens is 1. The zero-order valence-electron chi connectivity index (χ0n) is 10.9. The van der Waals surface area contributed by atoms with Crippen molar-refractivity contribution in [1.29, 1.82) is 0 Å². The summed E-state index contributed by atoms with van der Waals surface area (Å²) in [6.45, 7) is 1.78. The van der Waals surface area contributed by atoms with Gasteiger partial charge < -0.3 is 10.4 Å². The van der Waals surface area contributed by atoms with Gasteiger partial charge in [-0.2, -0.15) is 0 Å². The van der Waals surface area contributed by atoms with Crippen molar-refractivity contribution in [2.24, 2.45) is 0 Å². The topological polar surface area (TPSA) is 76.6 Å². The lowest BCUT2D eigenvalue weighted by Gasteiger charge is -2.25.